The van der Waals surface area contributed by atoms with E-state index in [2.05, 4.69) is 0 Å². The van der Waals surface area contributed by atoms with Crippen LogP contribution in [0, 0.1) is 5.92 Å². The Kier molecular flexibility index (Phi) is 7.79. The number of carbonyl (C=O) groups is 1. The average Bonchev–Trinajstić information content (AvgIpc) is 1.82. The molecule has 0 saturated carbocycles. The summed E-state index contributed by atoms with van der Waals surface area (Å²) in [6, 6.07) is 0. The monoisotopic (exact) mass is 180 g/mol. The van der Waals surface area contributed by atoms with E-state index in [4.69, 9.17) is 5.73 Å². The van der Waals surface area contributed by atoms with Gasteiger partial charge in [0.25, 0.3) is 0 Å². The van der Waals surface area contributed by atoms with Crippen molar-refractivity contribution in [1.29, 1.82) is 0 Å². The Balaban J connectivity index is 0. The number of halogens is 1. The van der Waals surface area contributed by atoms with Gasteiger partial charge < -0.3 is 10.6 Å². The number of carbonyl (C=O) groups excluding carboxylic acids is 1. The summed E-state index contributed by atoms with van der Waals surface area (Å²) in [5.41, 5.74) is 5.06. The molecule has 0 rings (SSSR count). The summed E-state index contributed by atoms with van der Waals surface area (Å²) in [6.45, 7) is 2.77. The molecule has 0 bridgehead atoms. The van der Waals surface area contributed by atoms with Crippen molar-refractivity contribution in [2.24, 2.45) is 11.7 Å². The fourth-order valence-electron chi connectivity index (χ4n) is 0.594. The molecule has 2 N–H and O–H groups in total. The van der Waals surface area contributed by atoms with E-state index in [1.54, 1.807) is 0 Å². The smallest absolute Gasteiger partial charge is 0.220 e. The maximum atomic E-state index is 10.5. The molecule has 3 nitrogen and oxygen atoms in total. The van der Waals surface area contributed by atoms with Crippen LogP contribution in [0.2, 0.25) is 0 Å². The average molecular weight is 181 g/mol. The van der Waals surface area contributed by atoms with E-state index >= 15 is 0 Å². The van der Waals surface area contributed by atoms with E-state index in [-0.39, 0.29) is 24.2 Å². The summed E-state index contributed by atoms with van der Waals surface area (Å²) in [6.07, 6.45) is 0.850. The molecule has 1 unspecified atom stereocenters. The van der Waals surface area contributed by atoms with Crippen LogP contribution >= 0.6 is 12.4 Å². The minimum absolute atomic E-state index is 0. The van der Waals surface area contributed by atoms with Crippen molar-refractivity contribution in [1.82, 2.24) is 4.90 Å². The molecule has 0 aromatic rings. The Labute approximate surface area is 74.3 Å². The van der Waals surface area contributed by atoms with Crippen LogP contribution in [0.1, 0.15) is 13.3 Å². The Morgan fingerprint density at radius 3 is 2.27 bits per heavy atom. The van der Waals surface area contributed by atoms with Crippen molar-refractivity contribution in [3.8, 4) is 0 Å². The van der Waals surface area contributed by atoms with Gasteiger partial charge >= 0.3 is 0 Å². The van der Waals surface area contributed by atoms with Crippen molar-refractivity contribution in [3.05, 3.63) is 0 Å². The fraction of sp³-hybridized carbons (Fsp3) is 0.857. The molecular weight excluding hydrogens is 164 g/mol. The molecule has 1 amide bonds. The first-order valence-electron chi connectivity index (χ1n) is 3.48. The van der Waals surface area contributed by atoms with Crippen molar-refractivity contribution in [2.45, 2.75) is 13.3 Å². The lowest BCUT2D eigenvalue weighted by molar-refractivity contribution is -0.121. The molecular formula is C7H17ClN2O. The van der Waals surface area contributed by atoms with E-state index in [1.807, 2.05) is 25.9 Å². The SMILES string of the molecule is CC(CCN(C)C)C(N)=O.Cl. The van der Waals surface area contributed by atoms with Gasteiger partial charge in [-0.2, -0.15) is 0 Å². The predicted octanol–water partition coefficient (Wildman–Crippen LogP) is 0.481. The van der Waals surface area contributed by atoms with Gasteiger partial charge in [0.05, 0.1) is 0 Å². The molecule has 0 radical (unpaired) electrons. The number of amides is 1. The van der Waals surface area contributed by atoms with Gasteiger partial charge in [-0.1, -0.05) is 6.92 Å². The van der Waals surface area contributed by atoms with E-state index in [1.165, 1.54) is 0 Å². The van der Waals surface area contributed by atoms with E-state index < -0.39 is 0 Å². The van der Waals surface area contributed by atoms with Crippen LogP contribution in [-0.4, -0.2) is 31.4 Å². The highest BCUT2D eigenvalue weighted by molar-refractivity contribution is 5.85. The van der Waals surface area contributed by atoms with Crippen LogP contribution in [0.3, 0.4) is 0 Å². The molecule has 11 heavy (non-hydrogen) atoms. The Bertz CT molecular complexity index is 117. The lowest BCUT2D eigenvalue weighted by Gasteiger charge is -2.11. The van der Waals surface area contributed by atoms with Crippen LogP contribution < -0.4 is 5.73 Å². The minimum Gasteiger partial charge on any atom is -0.369 e. The number of nitrogens with zero attached hydrogens (tertiary/aromatic N) is 1. The second kappa shape index (κ2) is 6.43. The maximum absolute atomic E-state index is 10.5. The van der Waals surface area contributed by atoms with Crippen molar-refractivity contribution in [2.75, 3.05) is 20.6 Å². The first-order chi connectivity index (χ1) is 4.54. The number of rotatable bonds is 4. The third-order valence-corrected chi connectivity index (χ3v) is 1.50. The summed E-state index contributed by atoms with van der Waals surface area (Å²) in [5.74, 6) is -0.204. The quantitative estimate of drug-likeness (QED) is 0.684. The Morgan fingerprint density at radius 2 is 2.00 bits per heavy atom. The van der Waals surface area contributed by atoms with Gasteiger partial charge in [0.2, 0.25) is 5.91 Å². The molecule has 0 saturated heterocycles. The largest absolute Gasteiger partial charge is 0.369 e. The topological polar surface area (TPSA) is 46.3 Å². The first-order valence-corrected chi connectivity index (χ1v) is 3.48. The van der Waals surface area contributed by atoms with Crippen LogP contribution in [0.15, 0.2) is 0 Å². The molecule has 68 valence electrons. The third kappa shape index (κ3) is 7.62. The predicted molar refractivity (Wildman–Crippen MR) is 48.8 cm³/mol. The molecule has 0 aromatic heterocycles. The molecule has 0 spiro atoms. The van der Waals surface area contributed by atoms with Crippen LogP contribution in [0.4, 0.5) is 0 Å². The normalized spacial score (nSPS) is 12.4. The number of primary amides is 1. The van der Waals surface area contributed by atoms with Gasteiger partial charge in [-0.3, -0.25) is 4.79 Å². The van der Waals surface area contributed by atoms with Crippen LogP contribution in [0.5, 0.6) is 0 Å². The molecule has 0 aromatic carbocycles. The standard InChI is InChI=1S/C7H16N2O.ClH/c1-6(7(8)10)4-5-9(2)3;/h6H,4-5H2,1-3H3,(H2,8,10);1H. The lowest BCUT2D eigenvalue weighted by Crippen LogP contribution is -2.24. The fourth-order valence-corrected chi connectivity index (χ4v) is 0.594. The van der Waals surface area contributed by atoms with E-state index in [0.29, 0.717) is 0 Å². The number of hydrogen-bond donors (Lipinski definition) is 1. The van der Waals surface area contributed by atoms with Crippen molar-refractivity contribution < 1.29 is 4.79 Å². The molecule has 0 aliphatic carbocycles. The summed E-state index contributed by atoms with van der Waals surface area (Å²) in [4.78, 5) is 12.6. The second-order valence-electron chi connectivity index (χ2n) is 2.90. The number of nitrogens with two attached hydrogens (primary N) is 1. The van der Waals surface area contributed by atoms with Crippen molar-refractivity contribution in [3.63, 3.8) is 0 Å². The summed E-state index contributed by atoms with van der Waals surface area (Å²) in [5, 5.41) is 0. The van der Waals surface area contributed by atoms with Gasteiger partial charge in [0.15, 0.2) is 0 Å². The van der Waals surface area contributed by atoms with Gasteiger partial charge in [0.1, 0.15) is 0 Å². The third-order valence-electron chi connectivity index (χ3n) is 1.50. The highest BCUT2D eigenvalue weighted by Crippen LogP contribution is 1.99. The minimum atomic E-state index is -0.207. The van der Waals surface area contributed by atoms with E-state index in [0.717, 1.165) is 13.0 Å². The molecule has 0 aliphatic heterocycles. The highest BCUT2D eigenvalue weighted by Gasteiger charge is 2.07. The summed E-state index contributed by atoms with van der Waals surface area (Å²) in [7, 11) is 3.96. The lowest BCUT2D eigenvalue weighted by atomic mass is 10.1. The maximum Gasteiger partial charge on any atom is 0.220 e. The first kappa shape index (κ1) is 13.3. The zero-order valence-corrected chi connectivity index (χ0v) is 8.15. The zero-order valence-electron chi connectivity index (χ0n) is 7.33. The van der Waals surface area contributed by atoms with Gasteiger partial charge in [-0.05, 0) is 27.1 Å². The molecule has 1 atom stereocenters. The van der Waals surface area contributed by atoms with Crippen LogP contribution in [-0.2, 0) is 4.79 Å². The molecule has 0 heterocycles. The summed E-state index contributed by atoms with van der Waals surface area (Å²) < 4.78 is 0. The van der Waals surface area contributed by atoms with Crippen molar-refractivity contribution >= 4 is 18.3 Å². The molecule has 0 fully saturated rings. The van der Waals surface area contributed by atoms with Crippen LogP contribution in [0.25, 0.3) is 0 Å². The van der Waals surface area contributed by atoms with Gasteiger partial charge in [-0.25, -0.2) is 0 Å². The Hall–Kier alpha value is -0.280. The summed E-state index contributed by atoms with van der Waals surface area (Å²) >= 11 is 0. The molecule has 4 heteroatoms. The number of hydrogen-bond acceptors (Lipinski definition) is 2. The Morgan fingerprint density at radius 1 is 1.55 bits per heavy atom. The highest BCUT2D eigenvalue weighted by atomic mass is 35.5. The molecule has 0 aliphatic rings. The van der Waals surface area contributed by atoms with Gasteiger partial charge in [0, 0.05) is 5.92 Å². The van der Waals surface area contributed by atoms with E-state index in [9.17, 15) is 4.79 Å². The van der Waals surface area contributed by atoms with Gasteiger partial charge in [-0.15, -0.1) is 12.4 Å². The second-order valence-corrected chi connectivity index (χ2v) is 2.90. The zero-order chi connectivity index (χ0) is 8.15.